The molecule has 1 fully saturated rings. The van der Waals surface area contributed by atoms with E-state index in [2.05, 4.69) is 17.2 Å². The molecule has 1 amide bonds. The molecule has 0 unspecified atom stereocenters. The van der Waals surface area contributed by atoms with Crippen molar-refractivity contribution in [3.05, 3.63) is 12.4 Å². The monoisotopic (exact) mass is 281 g/mol. The highest BCUT2D eigenvalue weighted by molar-refractivity contribution is 8.00. The summed E-state index contributed by atoms with van der Waals surface area (Å²) in [6.07, 6.45) is 8.53. The van der Waals surface area contributed by atoms with E-state index in [0.717, 1.165) is 11.6 Å². The summed E-state index contributed by atoms with van der Waals surface area (Å²) in [6, 6.07) is 0.352. The molecule has 1 saturated carbocycles. The van der Waals surface area contributed by atoms with Gasteiger partial charge < -0.3 is 9.88 Å². The van der Waals surface area contributed by atoms with Gasteiger partial charge in [0.05, 0.1) is 5.25 Å². The first-order valence-corrected chi connectivity index (χ1v) is 7.90. The van der Waals surface area contributed by atoms with Crippen LogP contribution in [0.25, 0.3) is 0 Å². The predicted octanol–water partition coefficient (Wildman–Crippen LogP) is 2.60. The van der Waals surface area contributed by atoms with Gasteiger partial charge in [0.1, 0.15) is 0 Å². The molecule has 1 aromatic rings. The molecular formula is C14H23N3OS. The fraction of sp³-hybridized carbons (Fsp3) is 0.714. The summed E-state index contributed by atoms with van der Waals surface area (Å²) in [7, 11) is 1.95. The zero-order valence-electron chi connectivity index (χ0n) is 11.9. The number of aryl methyl sites for hydroxylation is 1. The molecular weight excluding hydrogens is 258 g/mol. The maximum Gasteiger partial charge on any atom is 0.233 e. The standard InChI is InChI=1S/C14H23N3OS/c1-10-6-4-5-7-12(10)16-13(18)11(2)19-14-15-8-9-17(14)3/h8-12H,4-7H2,1-3H3,(H,16,18)/t10-,11-,12-/m0/s1. The smallest absolute Gasteiger partial charge is 0.233 e. The van der Waals surface area contributed by atoms with Crippen molar-refractivity contribution >= 4 is 17.7 Å². The third-order valence-corrected chi connectivity index (χ3v) is 5.04. The van der Waals surface area contributed by atoms with E-state index in [1.165, 1.54) is 31.0 Å². The molecule has 0 aromatic carbocycles. The minimum atomic E-state index is -0.102. The number of thioether (sulfide) groups is 1. The summed E-state index contributed by atoms with van der Waals surface area (Å²) in [5.74, 6) is 0.731. The Morgan fingerprint density at radius 1 is 1.53 bits per heavy atom. The van der Waals surface area contributed by atoms with Crippen LogP contribution < -0.4 is 5.32 Å². The van der Waals surface area contributed by atoms with Crippen LogP contribution in [0.15, 0.2) is 17.6 Å². The Morgan fingerprint density at radius 2 is 2.26 bits per heavy atom. The second kappa shape index (κ2) is 6.46. The van der Waals surface area contributed by atoms with Crippen LogP contribution in [0.3, 0.4) is 0 Å². The molecule has 1 aromatic heterocycles. The van der Waals surface area contributed by atoms with Crippen LogP contribution in [0.2, 0.25) is 0 Å². The van der Waals surface area contributed by atoms with Gasteiger partial charge in [-0.05, 0) is 25.7 Å². The number of imidazole rings is 1. The first-order valence-electron chi connectivity index (χ1n) is 7.02. The largest absolute Gasteiger partial charge is 0.352 e. The molecule has 0 spiro atoms. The Labute approximate surface area is 119 Å². The van der Waals surface area contributed by atoms with Crippen LogP contribution in [0, 0.1) is 5.92 Å². The molecule has 1 aliphatic rings. The quantitative estimate of drug-likeness (QED) is 0.863. The van der Waals surface area contributed by atoms with Gasteiger partial charge in [-0.1, -0.05) is 31.5 Å². The van der Waals surface area contributed by atoms with Crippen molar-refractivity contribution in [3.63, 3.8) is 0 Å². The minimum Gasteiger partial charge on any atom is -0.352 e. The molecule has 0 bridgehead atoms. The summed E-state index contributed by atoms with van der Waals surface area (Å²) in [5.41, 5.74) is 0. The molecule has 3 atom stereocenters. The summed E-state index contributed by atoms with van der Waals surface area (Å²) in [5, 5.41) is 3.99. The highest BCUT2D eigenvalue weighted by Gasteiger charge is 2.25. The Hall–Kier alpha value is -0.970. The van der Waals surface area contributed by atoms with Gasteiger partial charge in [0.2, 0.25) is 5.91 Å². The van der Waals surface area contributed by atoms with Crippen molar-refractivity contribution < 1.29 is 4.79 Å². The molecule has 0 radical (unpaired) electrons. The molecule has 4 nitrogen and oxygen atoms in total. The number of nitrogens with zero attached hydrogens (tertiary/aromatic N) is 2. The first-order chi connectivity index (χ1) is 9.08. The Bertz CT molecular complexity index is 432. The van der Waals surface area contributed by atoms with Crippen LogP contribution in [-0.2, 0) is 11.8 Å². The van der Waals surface area contributed by atoms with Crippen molar-refractivity contribution in [2.45, 2.75) is 56.0 Å². The summed E-state index contributed by atoms with van der Waals surface area (Å²) in [6.45, 7) is 4.18. The third kappa shape index (κ3) is 3.75. The lowest BCUT2D eigenvalue weighted by molar-refractivity contribution is -0.121. The SMILES string of the molecule is C[C@H](Sc1nccn1C)C(=O)N[C@H]1CCCC[C@@H]1C. The highest BCUT2D eigenvalue weighted by atomic mass is 32.2. The molecule has 5 heteroatoms. The van der Waals surface area contributed by atoms with E-state index in [9.17, 15) is 4.79 Å². The summed E-state index contributed by atoms with van der Waals surface area (Å²) >= 11 is 1.51. The van der Waals surface area contributed by atoms with Crippen molar-refractivity contribution in [1.82, 2.24) is 14.9 Å². The van der Waals surface area contributed by atoms with Gasteiger partial charge in [-0.3, -0.25) is 4.79 Å². The van der Waals surface area contributed by atoms with E-state index in [1.807, 2.05) is 24.7 Å². The zero-order valence-corrected chi connectivity index (χ0v) is 12.7. The maximum absolute atomic E-state index is 12.2. The number of rotatable bonds is 4. The van der Waals surface area contributed by atoms with E-state index >= 15 is 0 Å². The second-order valence-corrected chi connectivity index (χ2v) is 6.77. The number of nitrogens with one attached hydrogen (secondary N) is 1. The van der Waals surface area contributed by atoms with Gasteiger partial charge in [-0.2, -0.15) is 0 Å². The molecule has 1 aliphatic carbocycles. The molecule has 0 aliphatic heterocycles. The predicted molar refractivity (Wildman–Crippen MR) is 78.1 cm³/mol. The highest BCUT2D eigenvalue weighted by Crippen LogP contribution is 2.25. The van der Waals surface area contributed by atoms with Crippen LogP contribution in [0.5, 0.6) is 0 Å². The van der Waals surface area contributed by atoms with E-state index < -0.39 is 0 Å². The topological polar surface area (TPSA) is 46.9 Å². The van der Waals surface area contributed by atoms with Crippen molar-refractivity contribution in [2.24, 2.45) is 13.0 Å². The number of hydrogen-bond donors (Lipinski definition) is 1. The molecule has 1 heterocycles. The van der Waals surface area contributed by atoms with Gasteiger partial charge in [0.15, 0.2) is 5.16 Å². The Balaban J connectivity index is 1.87. The van der Waals surface area contributed by atoms with E-state index in [4.69, 9.17) is 0 Å². The minimum absolute atomic E-state index is 0.102. The van der Waals surface area contributed by atoms with Gasteiger partial charge in [-0.15, -0.1) is 0 Å². The summed E-state index contributed by atoms with van der Waals surface area (Å²) in [4.78, 5) is 16.5. The molecule has 106 valence electrons. The normalized spacial score (nSPS) is 25.0. The number of hydrogen-bond acceptors (Lipinski definition) is 3. The van der Waals surface area contributed by atoms with E-state index in [0.29, 0.717) is 12.0 Å². The lowest BCUT2D eigenvalue weighted by Gasteiger charge is -2.30. The third-order valence-electron chi connectivity index (χ3n) is 3.87. The summed E-state index contributed by atoms with van der Waals surface area (Å²) < 4.78 is 1.94. The average molecular weight is 281 g/mol. The fourth-order valence-corrected chi connectivity index (χ4v) is 3.35. The van der Waals surface area contributed by atoms with Crippen LogP contribution in [0.4, 0.5) is 0 Å². The lowest BCUT2D eigenvalue weighted by atomic mass is 9.86. The van der Waals surface area contributed by atoms with Gasteiger partial charge >= 0.3 is 0 Å². The first kappa shape index (κ1) is 14.4. The Morgan fingerprint density at radius 3 is 2.89 bits per heavy atom. The second-order valence-electron chi connectivity index (χ2n) is 5.46. The molecule has 0 saturated heterocycles. The molecule has 2 rings (SSSR count). The van der Waals surface area contributed by atoms with Crippen molar-refractivity contribution in [1.29, 1.82) is 0 Å². The number of amides is 1. The van der Waals surface area contributed by atoms with Gasteiger partial charge in [0.25, 0.3) is 0 Å². The van der Waals surface area contributed by atoms with Crippen LogP contribution in [0.1, 0.15) is 39.5 Å². The van der Waals surface area contributed by atoms with Crippen molar-refractivity contribution in [3.8, 4) is 0 Å². The van der Waals surface area contributed by atoms with Crippen LogP contribution >= 0.6 is 11.8 Å². The number of carbonyl (C=O) groups is 1. The molecule has 19 heavy (non-hydrogen) atoms. The maximum atomic E-state index is 12.2. The van der Waals surface area contributed by atoms with Gasteiger partial charge in [0, 0.05) is 25.5 Å². The Kier molecular flexibility index (Phi) is 4.91. The van der Waals surface area contributed by atoms with Crippen molar-refractivity contribution in [2.75, 3.05) is 0 Å². The zero-order chi connectivity index (χ0) is 13.8. The average Bonchev–Trinajstić information content (AvgIpc) is 2.78. The molecule has 1 N–H and O–H groups in total. The van der Waals surface area contributed by atoms with Crippen LogP contribution in [-0.4, -0.2) is 26.8 Å². The van der Waals surface area contributed by atoms with E-state index in [1.54, 1.807) is 6.20 Å². The fourth-order valence-electron chi connectivity index (χ4n) is 2.51. The van der Waals surface area contributed by atoms with Gasteiger partial charge in [-0.25, -0.2) is 4.98 Å². The lowest BCUT2D eigenvalue weighted by Crippen LogP contribution is -2.44. The van der Waals surface area contributed by atoms with E-state index in [-0.39, 0.29) is 11.2 Å². The number of aromatic nitrogens is 2. The number of carbonyl (C=O) groups excluding carboxylic acids is 1.